The highest BCUT2D eigenvalue weighted by atomic mass is 16.3. The number of hydrogen-bond acceptors (Lipinski definition) is 18. The first-order valence-electron chi connectivity index (χ1n) is 35.5. The third-order valence-corrected chi connectivity index (χ3v) is 18.1. The first-order chi connectivity index (χ1) is 51.6. The van der Waals surface area contributed by atoms with Crippen molar-refractivity contribution in [3.8, 4) is 11.5 Å². The van der Waals surface area contributed by atoms with Crippen LogP contribution in [0.3, 0.4) is 0 Å². The van der Waals surface area contributed by atoms with Crippen LogP contribution in [0.1, 0.15) is 87.5 Å². The van der Waals surface area contributed by atoms with Crippen LogP contribution in [0.5, 0.6) is 11.5 Å². The summed E-state index contributed by atoms with van der Waals surface area (Å²) in [5, 5.41) is 71.6. The van der Waals surface area contributed by atoms with Crippen LogP contribution in [0.4, 0.5) is 0 Å². The van der Waals surface area contributed by atoms with E-state index in [1.54, 1.807) is 60.7 Å². The molecule has 3 fully saturated rings. The molecule has 0 radical (unpaired) electrons. The molecule has 580 valence electrons. The Labute approximate surface area is 622 Å². The Kier molecular flexibility index (Phi) is 31.7. The molecule has 22 N–H and O–H groups in total. The number of carbonyl (C=O) groups is 14. The second-order valence-corrected chi connectivity index (χ2v) is 26.4. The number of phenolic OH excluding ortho intramolecular Hbond substituents is 2. The molecule has 36 heteroatoms. The first kappa shape index (κ1) is 82.9. The zero-order valence-corrected chi connectivity index (χ0v) is 60.0. The van der Waals surface area contributed by atoms with Crippen LogP contribution >= 0.6 is 0 Å². The molecular weight excluding hydrogens is 1400 g/mol. The van der Waals surface area contributed by atoms with E-state index in [1.807, 2.05) is 0 Å². The Bertz CT molecular complexity index is 3630. The van der Waals surface area contributed by atoms with Crippen molar-refractivity contribution in [3.63, 3.8) is 0 Å². The predicted molar refractivity (Wildman–Crippen MR) is 391 cm³/mol. The SMILES string of the molecule is C[C@@H]1NC(=O)[C@H](CCCNC(=N)N)NC(=O)CNC(=O)[C@@H]2CCCN2C(=O)CNC(=O)[C@H](Cc2ccc(O)cc2)NC(=O)[C@H](Cc2ccccc2)NC(=O)[C@H](C)NC(=O)[C@H](CCCNC(=N)N)NC(=O)CNC(=O)[C@@H]2CCCN2C(=O)CNC(=O)[C@H](Cc2ccc(O)cc2)NC(=O)[C@H](Cc2ccccc2)NC1=O. The second kappa shape index (κ2) is 41.3. The summed E-state index contributed by atoms with van der Waals surface area (Å²) in [5.41, 5.74) is 13.0. The van der Waals surface area contributed by atoms with Gasteiger partial charge in [-0.1, -0.05) is 84.9 Å². The lowest BCUT2D eigenvalue weighted by molar-refractivity contribution is -0.139. The number of aromatic hydroxyl groups is 2. The molecule has 3 aliphatic rings. The molecule has 0 aliphatic carbocycles. The topological polar surface area (TPSA) is 554 Å². The standard InChI is InChI=1S/C72H96N20O16/c1-41-61(99)87-53(33-43-13-5-3-6-14-43)67(105)89-51(35-45-21-25-47(93)26-22-45)63(101)81-39-59(97)92-32-12-20-56(92)70(108)80-38-58(96)86-50(18-10-30-78-72(75)76)66(104)84-42(2)62(100)88-54(34-44-15-7-4-8-16-44)68(106)90-52(36-46-23-27-48(94)28-24-46)64(102)82-40-60(98)91-31-11-19-55(91)69(107)79-37-57(95)85-49(65(103)83-41)17-9-29-77-71(73)74/h3-8,13-16,21-28,41-42,49-56,93-94H,9-12,17-20,29-40H2,1-2H3,(H,79,107)(H,80,108)(H,81,101)(H,82,102)(H,83,103)(H,84,104)(H,85,95)(H,86,96)(H,87,99)(H,88,100)(H,89,105)(H,90,106)(H4,73,74,77)(H4,75,76,78)/t41-,42-,49-,50-,51-,52-,53-,54-,55-,56-/m0/s1. The van der Waals surface area contributed by atoms with Crippen molar-refractivity contribution < 1.29 is 77.3 Å². The van der Waals surface area contributed by atoms with Crippen molar-refractivity contribution in [1.29, 1.82) is 10.8 Å². The lowest BCUT2D eigenvalue weighted by atomic mass is 10.0. The average molecular weight is 1500 g/mol. The van der Waals surface area contributed by atoms with E-state index in [0.717, 1.165) is 0 Å². The van der Waals surface area contributed by atoms with Crippen molar-refractivity contribution >= 4 is 94.6 Å². The number of amides is 14. The number of hydrogen-bond donors (Lipinski definition) is 20. The smallest absolute Gasteiger partial charge is 0.243 e. The zero-order valence-electron chi connectivity index (χ0n) is 60.0. The summed E-state index contributed by atoms with van der Waals surface area (Å²) in [6.45, 7) is 0.0745. The molecule has 4 aromatic carbocycles. The highest BCUT2D eigenvalue weighted by molar-refractivity contribution is 6.00. The largest absolute Gasteiger partial charge is 0.508 e. The molecule has 14 amide bonds. The maximum absolute atomic E-state index is 14.6. The van der Waals surface area contributed by atoms with Gasteiger partial charge >= 0.3 is 0 Å². The van der Waals surface area contributed by atoms with Crippen LogP contribution in [0.15, 0.2) is 109 Å². The van der Waals surface area contributed by atoms with Crippen molar-refractivity contribution in [3.05, 3.63) is 131 Å². The molecule has 36 nitrogen and oxygen atoms in total. The summed E-state index contributed by atoms with van der Waals surface area (Å²) >= 11 is 0. The maximum Gasteiger partial charge on any atom is 0.243 e. The summed E-state index contributed by atoms with van der Waals surface area (Å²) in [5.74, 6) is -12.7. The lowest BCUT2D eigenvalue weighted by Crippen LogP contribution is -2.59. The fraction of sp³-hybridized carbons (Fsp3) is 0.444. The lowest BCUT2D eigenvalue weighted by Gasteiger charge is -2.27. The Morgan fingerprint density at radius 2 is 0.694 bits per heavy atom. The molecule has 4 aromatic rings. The Morgan fingerprint density at radius 3 is 1.04 bits per heavy atom. The van der Waals surface area contributed by atoms with E-state index in [4.69, 9.17) is 22.3 Å². The van der Waals surface area contributed by atoms with Crippen molar-refractivity contribution in [2.75, 3.05) is 52.4 Å². The number of nitrogens with one attached hydrogen (secondary N) is 16. The fourth-order valence-electron chi connectivity index (χ4n) is 12.3. The highest BCUT2D eigenvalue weighted by Crippen LogP contribution is 2.21. The Balaban J connectivity index is 1.16. The van der Waals surface area contributed by atoms with Crippen LogP contribution in [0.2, 0.25) is 0 Å². The van der Waals surface area contributed by atoms with Crippen molar-refractivity contribution in [2.24, 2.45) is 11.5 Å². The van der Waals surface area contributed by atoms with Gasteiger partial charge in [-0.15, -0.1) is 0 Å². The number of guanidine groups is 2. The van der Waals surface area contributed by atoms with E-state index in [9.17, 15) is 77.3 Å². The molecule has 3 heterocycles. The van der Waals surface area contributed by atoms with Crippen molar-refractivity contribution in [1.82, 2.24) is 84.2 Å². The molecule has 0 unspecified atom stereocenters. The molecule has 7 rings (SSSR count). The van der Waals surface area contributed by atoms with Gasteiger partial charge < -0.3 is 106 Å². The van der Waals surface area contributed by atoms with E-state index in [0.29, 0.717) is 35.1 Å². The Morgan fingerprint density at radius 1 is 0.389 bits per heavy atom. The summed E-state index contributed by atoms with van der Waals surface area (Å²) < 4.78 is 0. The van der Waals surface area contributed by atoms with Crippen LogP contribution in [-0.4, -0.2) is 227 Å². The summed E-state index contributed by atoms with van der Waals surface area (Å²) in [4.78, 5) is 200. The number of phenols is 2. The van der Waals surface area contributed by atoms with Gasteiger partial charge in [0.1, 0.15) is 71.9 Å². The second-order valence-electron chi connectivity index (χ2n) is 26.4. The number of nitrogens with zero attached hydrogens (tertiary/aromatic N) is 2. The predicted octanol–water partition coefficient (Wildman–Crippen LogP) is -4.73. The number of benzene rings is 4. The minimum absolute atomic E-state index is 0.0567. The molecule has 0 aromatic heterocycles. The van der Waals surface area contributed by atoms with Gasteiger partial charge in [-0.25, -0.2) is 0 Å². The third kappa shape index (κ3) is 26.6. The van der Waals surface area contributed by atoms with Crippen LogP contribution in [0.25, 0.3) is 0 Å². The highest BCUT2D eigenvalue weighted by Gasteiger charge is 2.39. The molecule has 0 saturated carbocycles. The van der Waals surface area contributed by atoms with E-state index in [-0.39, 0.29) is 114 Å². The maximum atomic E-state index is 14.6. The van der Waals surface area contributed by atoms with Gasteiger partial charge in [-0.2, -0.15) is 0 Å². The molecule has 0 bridgehead atoms. The minimum Gasteiger partial charge on any atom is -0.508 e. The molecule has 10 atom stereocenters. The average Bonchev–Trinajstić information content (AvgIpc) is 1.54. The minimum atomic E-state index is -1.46. The molecule has 0 spiro atoms. The zero-order chi connectivity index (χ0) is 78.4. The monoisotopic (exact) mass is 1500 g/mol. The first-order valence-corrected chi connectivity index (χ1v) is 35.5. The number of rotatable bonds is 16. The normalized spacial score (nSPS) is 23.7. The van der Waals surface area contributed by atoms with Gasteiger partial charge in [0.25, 0.3) is 0 Å². The fourth-order valence-corrected chi connectivity index (χ4v) is 12.3. The van der Waals surface area contributed by atoms with Gasteiger partial charge in [0, 0.05) is 51.9 Å². The van der Waals surface area contributed by atoms with Gasteiger partial charge in [0.2, 0.25) is 82.7 Å². The number of nitrogens with two attached hydrogens (primary N) is 2. The molecule has 3 saturated heterocycles. The van der Waals surface area contributed by atoms with Gasteiger partial charge in [0.15, 0.2) is 11.9 Å². The van der Waals surface area contributed by atoms with Crippen molar-refractivity contribution in [2.45, 2.75) is 151 Å². The van der Waals surface area contributed by atoms with E-state index in [2.05, 4.69) is 74.4 Å². The summed E-state index contributed by atoms with van der Waals surface area (Å²) in [6, 6.07) is 14.6. The van der Waals surface area contributed by atoms with Gasteiger partial charge in [-0.05, 0) is 112 Å². The summed E-state index contributed by atoms with van der Waals surface area (Å²) in [7, 11) is 0. The number of fused-ring (bicyclic) bond motifs is 2. The van der Waals surface area contributed by atoms with Gasteiger partial charge in [0.05, 0.1) is 26.2 Å². The van der Waals surface area contributed by atoms with Crippen LogP contribution < -0.4 is 85.9 Å². The van der Waals surface area contributed by atoms with E-state index < -0.39 is 169 Å². The summed E-state index contributed by atoms with van der Waals surface area (Å²) in [6.07, 6.45) is 0.269. The van der Waals surface area contributed by atoms with Crippen LogP contribution in [0, 0.1) is 10.8 Å². The Hall–Kier alpha value is -12.4. The third-order valence-electron chi connectivity index (χ3n) is 18.1. The molecule has 108 heavy (non-hydrogen) atoms. The molecular formula is C72H96N20O16. The van der Waals surface area contributed by atoms with E-state index in [1.165, 1.54) is 72.2 Å². The number of carbonyl (C=O) groups excluding carboxylic acids is 14. The van der Waals surface area contributed by atoms with Gasteiger partial charge in [-0.3, -0.25) is 77.9 Å². The van der Waals surface area contributed by atoms with E-state index >= 15 is 0 Å². The van der Waals surface area contributed by atoms with Crippen LogP contribution in [-0.2, 0) is 92.8 Å². The molecule has 3 aliphatic heterocycles. The quantitative estimate of drug-likeness (QED) is 0.0285.